The molecular formula is C10H12Cl2N4O2. The average molecular weight is 291 g/mol. The number of amides is 1. The number of nitrogens with zero attached hydrogens (tertiary/aromatic N) is 3. The van der Waals surface area contributed by atoms with Crippen LogP contribution in [0.25, 0.3) is 0 Å². The molecule has 98 valence electrons. The van der Waals surface area contributed by atoms with Crippen LogP contribution in [-0.4, -0.2) is 53.6 Å². The van der Waals surface area contributed by atoms with E-state index in [1.54, 1.807) is 0 Å². The van der Waals surface area contributed by atoms with Gasteiger partial charge in [0, 0.05) is 13.1 Å². The van der Waals surface area contributed by atoms with E-state index in [1.807, 2.05) is 4.90 Å². The Morgan fingerprint density at radius 1 is 1.44 bits per heavy atom. The maximum atomic E-state index is 11.8. The monoisotopic (exact) mass is 290 g/mol. The number of hydrogen-bond acceptors (Lipinski definition) is 5. The lowest BCUT2D eigenvalue weighted by Gasteiger charge is -2.25. The van der Waals surface area contributed by atoms with Crippen molar-refractivity contribution in [3.8, 4) is 0 Å². The zero-order chi connectivity index (χ0) is 13.0. The van der Waals surface area contributed by atoms with E-state index in [2.05, 4.69) is 15.3 Å². The minimum absolute atomic E-state index is 0.0474. The molecule has 6 nitrogen and oxygen atoms in total. The topological polar surface area (TPSA) is 67.3 Å². The fourth-order valence-corrected chi connectivity index (χ4v) is 1.93. The second-order valence-corrected chi connectivity index (χ2v) is 4.48. The van der Waals surface area contributed by atoms with E-state index in [0.29, 0.717) is 25.4 Å². The predicted octanol–water partition coefficient (Wildman–Crippen LogP) is 1.05. The SMILES string of the molecule is O=C(CN1CCOCC1)Nc1cnc(Cl)nc1Cl. The van der Waals surface area contributed by atoms with Gasteiger partial charge in [0.05, 0.1) is 31.6 Å². The van der Waals surface area contributed by atoms with Gasteiger partial charge in [-0.15, -0.1) is 0 Å². The van der Waals surface area contributed by atoms with Gasteiger partial charge in [0.1, 0.15) is 0 Å². The summed E-state index contributed by atoms with van der Waals surface area (Å²) >= 11 is 11.4. The van der Waals surface area contributed by atoms with Crippen molar-refractivity contribution in [2.75, 3.05) is 38.2 Å². The number of carbonyl (C=O) groups excluding carboxylic acids is 1. The van der Waals surface area contributed by atoms with E-state index in [9.17, 15) is 4.79 Å². The zero-order valence-electron chi connectivity index (χ0n) is 9.53. The molecule has 0 aromatic carbocycles. The van der Waals surface area contributed by atoms with Gasteiger partial charge in [0.25, 0.3) is 0 Å². The fraction of sp³-hybridized carbons (Fsp3) is 0.500. The number of morpholine rings is 1. The summed E-state index contributed by atoms with van der Waals surface area (Å²) in [5.74, 6) is -0.162. The Labute approximate surface area is 114 Å². The molecule has 0 radical (unpaired) electrons. The molecule has 1 aromatic heterocycles. The van der Waals surface area contributed by atoms with Gasteiger partial charge in [-0.2, -0.15) is 0 Å². The molecule has 1 aliphatic heterocycles. The Morgan fingerprint density at radius 3 is 2.83 bits per heavy atom. The molecule has 0 aliphatic carbocycles. The van der Waals surface area contributed by atoms with E-state index < -0.39 is 0 Å². The highest BCUT2D eigenvalue weighted by Gasteiger charge is 2.15. The molecule has 0 unspecified atom stereocenters. The third-order valence-electron chi connectivity index (χ3n) is 2.46. The lowest BCUT2D eigenvalue weighted by Crippen LogP contribution is -2.41. The number of carbonyl (C=O) groups is 1. The van der Waals surface area contributed by atoms with E-state index in [-0.39, 0.29) is 16.3 Å². The molecule has 1 N–H and O–H groups in total. The molecule has 8 heteroatoms. The summed E-state index contributed by atoms with van der Waals surface area (Å²) in [6.45, 7) is 3.09. The van der Waals surface area contributed by atoms with Gasteiger partial charge in [-0.3, -0.25) is 9.69 Å². The Bertz CT molecular complexity index is 438. The molecule has 1 saturated heterocycles. The number of halogens is 2. The highest BCUT2D eigenvalue weighted by molar-refractivity contribution is 6.34. The fourth-order valence-electron chi connectivity index (χ4n) is 1.58. The number of aromatic nitrogens is 2. The normalized spacial score (nSPS) is 16.6. The third-order valence-corrected chi connectivity index (χ3v) is 2.93. The summed E-state index contributed by atoms with van der Waals surface area (Å²) in [4.78, 5) is 21.3. The van der Waals surface area contributed by atoms with Crippen LogP contribution in [-0.2, 0) is 9.53 Å². The summed E-state index contributed by atoms with van der Waals surface area (Å²) in [5, 5.41) is 2.83. The second-order valence-electron chi connectivity index (χ2n) is 3.78. The van der Waals surface area contributed by atoms with Gasteiger partial charge in [0.2, 0.25) is 11.2 Å². The molecule has 2 heterocycles. The van der Waals surface area contributed by atoms with Gasteiger partial charge >= 0.3 is 0 Å². The van der Waals surface area contributed by atoms with Crippen molar-refractivity contribution in [1.82, 2.24) is 14.9 Å². The Kier molecular flexibility index (Phi) is 4.71. The van der Waals surface area contributed by atoms with E-state index in [4.69, 9.17) is 27.9 Å². The average Bonchev–Trinajstić information content (AvgIpc) is 2.34. The Balaban J connectivity index is 1.90. The molecule has 2 rings (SSSR count). The summed E-state index contributed by atoms with van der Waals surface area (Å²) in [5.41, 5.74) is 0.360. The molecular weight excluding hydrogens is 279 g/mol. The molecule has 0 spiro atoms. The van der Waals surface area contributed by atoms with Crippen LogP contribution in [0.5, 0.6) is 0 Å². The smallest absolute Gasteiger partial charge is 0.238 e. The van der Waals surface area contributed by atoms with Gasteiger partial charge in [-0.05, 0) is 11.6 Å². The van der Waals surface area contributed by atoms with Crippen molar-refractivity contribution in [3.05, 3.63) is 16.6 Å². The molecule has 0 atom stereocenters. The minimum atomic E-state index is -0.162. The standard InChI is InChI=1S/C10H12Cl2N4O2/c11-9-7(5-13-10(12)15-9)14-8(17)6-16-1-3-18-4-2-16/h5H,1-4,6H2,(H,14,17). The van der Waals surface area contributed by atoms with Crippen molar-refractivity contribution < 1.29 is 9.53 Å². The van der Waals surface area contributed by atoms with Crippen molar-refractivity contribution in [2.45, 2.75) is 0 Å². The number of nitrogens with one attached hydrogen (secondary N) is 1. The Morgan fingerprint density at radius 2 is 2.17 bits per heavy atom. The largest absolute Gasteiger partial charge is 0.379 e. The lowest BCUT2D eigenvalue weighted by atomic mass is 10.4. The summed E-state index contributed by atoms with van der Waals surface area (Å²) < 4.78 is 5.20. The first-order valence-electron chi connectivity index (χ1n) is 5.43. The minimum Gasteiger partial charge on any atom is -0.379 e. The first-order chi connectivity index (χ1) is 8.65. The molecule has 1 aromatic rings. The van der Waals surface area contributed by atoms with Crippen LogP contribution >= 0.6 is 23.2 Å². The van der Waals surface area contributed by atoms with Gasteiger partial charge in [-0.25, -0.2) is 9.97 Å². The predicted molar refractivity (Wildman–Crippen MR) is 67.9 cm³/mol. The lowest BCUT2D eigenvalue weighted by molar-refractivity contribution is -0.118. The highest BCUT2D eigenvalue weighted by Crippen LogP contribution is 2.19. The number of hydrogen-bond donors (Lipinski definition) is 1. The second kappa shape index (κ2) is 6.29. The van der Waals surface area contributed by atoms with Gasteiger partial charge in [-0.1, -0.05) is 11.6 Å². The van der Waals surface area contributed by atoms with Crippen LogP contribution in [0, 0.1) is 0 Å². The van der Waals surface area contributed by atoms with Crippen molar-refractivity contribution >= 4 is 34.8 Å². The van der Waals surface area contributed by atoms with Crippen molar-refractivity contribution in [1.29, 1.82) is 0 Å². The van der Waals surface area contributed by atoms with Crippen LogP contribution in [0.1, 0.15) is 0 Å². The van der Waals surface area contributed by atoms with Gasteiger partial charge in [0.15, 0.2) is 5.15 Å². The van der Waals surface area contributed by atoms with Crippen molar-refractivity contribution in [2.24, 2.45) is 0 Å². The summed E-state index contributed by atoms with van der Waals surface area (Å²) in [7, 11) is 0. The first-order valence-corrected chi connectivity index (χ1v) is 6.19. The zero-order valence-corrected chi connectivity index (χ0v) is 11.0. The maximum absolute atomic E-state index is 11.8. The molecule has 1 amide bonds. The van der Waals surface area contributed by atoms with Crippen molar-refractivity contribution in [3.63, 3.8) is 0 Å². The van der Waals surface area contributed by atoms with Gasteiger partial charge < -0.3 is 10.1 Å². The van der Waals surface area contributed by atoms with E-state index in [0.717, 1.165) is 13.1 Å². The van der Waals surface area contributed by atoms with E-state index in [1.165, 1.54) is 6.20 Å². The number of anilines is 1. The van der Waals surface area contributed by atoms with E-state index >= 15 is 0 Å². The number of rotatable bonds is 3. The van der Waals surface area contributed by atoms with Crippen LogP contribution in [0.3, 0.4) is 0 Å². The molecule has 0 bridgehead atoms. The summed E-state index contributed by atoms with van der Waals surface area (Å²) in [6.07, 6.45) is 1.38. The van der Waals surface area contributed by atoms with Crippen LogP contribution < -0.4 is 5.32 Å². The molecule has 18 heavy (non-hydrogen) atoms. The maximum Gasteiger partial charge on any atom is 0.238 e. The first kappa shape index (κ1) is 13.5. The molecule has 1 aliphatic rings. The third kappa shape index (κ3) is 3.78. The van der Waals surface area contributed by atoms with Crippen LogP contribution in [0.4, 0.5) is 5.69 Å². The van der Waals surface area contributed by atoms with Crippen LogP contribution in [0.15, 0.2) is 6.20 Å². The quantitative estimate of drug-likeness (QED) is 0.666. The van der Waals surface area contributed by atoms with Crippen LogP contribution in [0.2, 0.25) is 10.4 Å². The Hall–Kier alpha value is -0.950. The summed E-state index contributed by atoms with van der Waals surface area (Å²) in [6, 6.07) is 0. The molecule has 0 saturated carbocycles. The molecule has 1 fully saturated rings. The number of ether oxygens (including phenoxy) is 1. The highest BCUT2D eigenvalue weighted by atomic mass is 35.5.